The molecule has 4 nitrogen and oxygen atoms in total. The van der Waals surface area contributed by atoms with Crippen LogP contribution in [-0.4, -0.2) is 19.4 Å². The number of carbonyl (C=O) groups excluding carboxylic acids is 2. The van der Waals surface area contributed by atoms with Crippen LogP contribution in [0.15, 0.2) is 12.1 Å². The summed E-state index contributed by atoms with van der Waals surface area (Å²) in [5.41, 5.74) is -3.10. The number of nitrogens with zero attached hydrogens (tertiary/aromatic N) is 1. The molecule has 0 radical (unpaired) electrons. The second kappa shape index (κ2) is 4.87. The second-order valence-electron chi connectivity index (χ2n) is 3.20. The summed E-state index contributed by atoms with van der Waals surface area (Å²) >= 11 is 0. The molecule has 0 fully saturated rings. The van der Waals surface area contributed by atoms with Crippen LogP contribution < -0.4 is 0 Å². The van der Waals surface area contributed by atoms with Crippen molar-refractivity contribution in [1.82, 2.24) is 0 Å². The minimum atomic E-state index is -4.84. The Morgan fingerprint density at radius 3 is 2.44 bits per heavy atom. The number of rotatable bonds is 2. The molecule has 0 saturated carbocycles. The van der Waals surface area contributed by atoms with Crippen LogP contribution in [0.25, 0.3) is 0 Å². The summed E-state index contributed by atoms with van der Waals surface area (Å²) in [5, 5.41) is 8.69. The maximum Gasteiger partial charge on any atom is 0.417 e. The zero-order valence-electron chi connectivity index (χ0n) is 9.04. The largest absolute Gasteiger partial charge is 0.465 e. The molecule has 0 aromatic heterocycles. The Morgan fingerprint density at radius 1 is 1.44 bits per heavy atom. The Kier molecular flexibility index (Phi) is 3.71. The average molecular weight is 257 g/mol. The molecular formula is C11H6F3NO3. The van der Waals surface area contributed by atoms with E-state index in [4.69, 9.17) is 5.26 Å². The Balaban J connectivity index is 3.62. The van der Waals surface area contributed by atoms with Crippen molar-refractivity contribution in [2.75, 3.05) is 7.11 Å². The zero-order chi connectivity index (χ0) is 13.9. The van der Waals surface area contributed by atoms with E-state index in [-0.39, 0.29) is 6.29 Å². The number of benzene rings is 1. The molecule has 0 heterocycles. The van der Waals surface area contributed by atoms with Crippen LogP contribution in [0.4, 0.5) is 13.2 Å². The first-order valence-corrected chi connectivity index (χ1v) is 4.54. The molecule has 0 unspecified atom stereocenters. The van der Waals surface area contributed by atoms with Crippen molar-refractivity contribution in [3.8, 4) is 6.07 Å². The van der Waals surface area contributed by atoms with Gasteiger partial charge in [-0.1, -0.05) is 0 Å². The molecule has 0 aliphatic rings. The molecule has 0 aliphatic carbocycles. The van der Waals surface area contributed by atoms with E-state index in [0.717, 1.165) is 13.2 Å². The van der Waals surface area contributed by atoms with Gasteiger partial charge in [-0.2, -0.15) is 18.4 Å². The number of halogens is 3. The minimum absolute atomic E-state index is 0.0670. The van der Waals surface area contributed by atoms with Crippen LogP contribution in [0.1, 0.15) is 31.8 Å². The third kappa shape index (κ3) is 2.48. The third-order valence-electron chi connectivity index (χ3n) is 2.14. The van der Waals surface area contributed by atoms with Gasteiger partial charge in [-0.3, -0.25) is 4.79 Å². The molecule has 0 spiro atoms. The maximum absolute atomic E-state index is 12.7. The van der Waals surface area contributed by atoms with Gasteiger partial charge in [0.2, 0.25) is 0 Å². The summed E-state index contributed by atoms with van der Waals surface area (Å²) in [5.74, 6) is -1.02. The monoisotopic (exact) mass is 257 g/mol. The quantitative estimate of drug-likeness (QED) is 0.601. The molecule has 7 heteroatoms. The number of carbonyl (C=O) groups is 2. The van der Waals surface area contributed by atoms with E-state index in [0.29, 0.717) is 6.07 Å². The van der Waals surface area contributed by atoms with E-state index < -0.39 is 34.4 Å². The number of alkyl halides is 3. The molecule has 0 aliphatic heterocycles. The first-order chi connectivity index (χ1) is 8.35. The standard InChI is InChI=1S/C11H6F3NO3/c1-18-10(17)6-2-7(4-15)8(5-16)9(3-6)11(12,13)14/h2-3,5H,1H3. The van der Waals surface area contributed by atoms with Gasteiger partial charge in [-0.25, -0.2) is 4.79 Å². The Labute approximate surface area is 99.6 Å². The van der Waals surface area contributed by atoms with Crippen molar-refractivity contribution in [3.63, 3.8) is 0 Å². The van der Waals surface area contributed by atoms with Crippen LogP contribution in [0.5, 0.6) is 0 Å². The fraction of sp³-hybridized carbons (Fsp3) is 0.182. The lowest BCUT2D eigenvalue weighted by Crippen LogP contribution is -2.13. The molecule has 0 atom stereocenters. The Morgan fingerprint density at radius 2 is 2.06 bits per heavy atom. The van der Waals surface area contributed by atoms with Gasteiger partial charge in [0.15, 0.2) is 6.29 Å². The molecule has 0 bridgehead atoms. The van der Waals surface area contributed by atoms with Gasteiger partial charge in [0, 0.05) is 5.56 Å². The van der Waals surface area contributed by atoms with Crippen LogP contribution >= 0.6 is 0 Å². The third-order valence-corrected chi connectivity index (χ3v) is 2.14. The highest BCUT2D eigenvalue weighted by molar-refractivity contribution is 5.92. The number of esters is 1. The summed E-state index contributed by atoms with van der Waals surface area (Å²) in [6, 6.07) is 2.80. The van der Waals surface area contributed by atoms with Crippen molar-refractivity contribution in [3.05, 3.63) is 34.4 Å². The number of methoxy groups -OCH3 is 1. The first kappa shape index (κ1) is 13.7. The van der Waals surface area contributed by atoms with Gasteiger partial charge >= 0.3 is 12.1 Å². The number of nitriles is 1. The highest BCUT2D eigenvalue weighted by Gasteiger charge is 2.35. The van der Waals surface area contributed by atoms with Gasteiger partial charge in [0.25, 0.3) is 0 Å². The number of hydrogen-bond donors (Lipinski definition) is 0. The molecule has 0 amide bonds. The molecule has 1 aromatic rings. The maximum atomic E-state index is 12.7. The van der Waals surface area contributed by atoms with Gasteiger partial charge < -0.3 is 4.74 Å². The highest BCUT2D eigenvalue weighted by Crippen LogP contribution is 2.33. The summed E-state index contributed by atoms with van der Waals surface area (Å²) < 4.78 is 42.3. The fourth-order valence-electron chi connectivity index (χ4n) is 1.34. The lowest BCUT2D eigenvalue weighted by molar-refractivity contribution is -0.137. The second-order valence-corrected chi connectivity index (χ2v) is 3.20. The van der Waals surface area contributed by atoms with Crippen molar-refractivity contribution >= 4 is 12.3 Å². The van der Waals surface area contributed by atoms with Crippen molar-refractivity contribution in [2.24, 2.45) is 0 Å². The molecule has 1 rings (SSSR count). The average Bonchev–Trinajstić information content (AvgIpc) is 2.34. The summed E-state index contributed by atoms with van der Waals surface area (Å²) in [6.45, 7) is 0. The summed E-state index contributed by atoms with van der Waals surface area (Å²) in [7, 11) is 0.995. The van der Waals surface area contributed by atoms with Gasteiger partial charge in [0.1, 0.15) is 0 Å². The van der Waals surface area contributed by atoms with E-state index in [2.05, 4.69) is 4.74 Å². The number of ether oxygens (including phenoxy) is 1. The van der Waals surface area contributed by atoms with E-state index in [1.807, 2.05) is 0 Å². The van der Waals surface area contributed by atoms with E-state index in [9.17, 15) is 22.8 Å². The molecule has 94 valence electrons. The van der Waals surface area contributed by atoms with Crippen LogP contribution in [0.2, 0.25) is 0 Å². The number of aldehydes is 1. The van der Waals surface area contributed by atoms with Crippen LogP contribution in [-0.2, 0) is 10.9 Å². The van der Waals surface area contributed by atoms with E-state index in [1.165, 1.54) is 6.07 Å². The highest BCUT2D eigenvalue weighted by atomic mass is 19.4. The van der Waals surface area contributed by atoms with Crippen molar-refractivity contribution in [1.29, 1.82) is 5.26 Å². The van der Waals surface area contributed by atoms with Crippen molar-refractivity contribution < 1.29 is 27.5 Å². The van der Waals surface area contributed by atoms with E-state index >= 15 is 0 Å². The first-order valence-electron chi connectivity index (χ1n) is 4.54. The fourth-order valence-corrected chi connectivity index (χ4v) is 1.34. The molecule has 0 N–H and O–H groups in total. The Bertz CT molecular complexity index is 544. The summed E-state index contributed by atoms with van der Waals surface area (Å²) in [4.78, 5) is 21.8. The predicted octanol–water partition coefficient (Wildman–Crippen LogP) is 2.18. The zero-order valence-corrected chi connectivity index (χ0v) is 9.04. The van der Waals surface area contributed by atoms with Crippen LogP contribution in [0, 0.1) is 11.3 Å². The van der Waals surface area contributed by atoms with Gasteiger partial charge in [-0.05, 0) is 12.1 Å². The molecular weight excluding hydrogens is 251 g/mol. The minimum Gasteiger partial charge on any atom is -0.465 e. The summed E-state index contributed by atoms with van der Waals surface area (Å²) in [6.07, 6.45) is -4.91. The van der Waals surface area contributed by atoms with Gasteiger partial charge in [-0.15, -0.1) is 0 Å². The molecule has 18 heavy (non-hydrogen) atoms. The van der Waals surface area contributed by atoms with Crippen molar-refractivity contribution in [2.45, 2.75) is 6.18 Å². The van der Waals surface area contributed by atoms with E-state index in [1.54, 1.807) is 0 Å². The predicted molar refractivity (Wildman–Crippen MR) is 52.9 cm³/mol. The molecule has 1 aromatic carbocycles. The topological polar surface area (TPSA) is 67.2 Å². The Hall–Kier alpha value is -2.36. The number of hydrogen-bond acceptors (Lipinski definition) is 4. The molecule has 0 saturated heterocycles. The lowest BCUT2D eigenvalue weighted by Gasteiger charge is -2.12. The van der Waals surface area contributed by atoms with Gasteiger partial charge in [0.05, 0.1) is 29.9 Å². The van der Waals surface area contributed by atoms with Crippen LogP contribution in [0.3, 0.4) is 0 Å². The normalized spacial score (nSPS) is 10.6. The smallest absolute Gasteiger partial charge is 0.417 e. The lowest BCUT2D eigenvalue weighted by atomic mass is 9.98. The SMILES string of the molecule is COC(=O)c1cc(C#N)c(C=O)c(C(F)(F)F)c1.